The molecule has 0 aliphatic rings. The lowest BCUT2D eigenvalue weighted by molar-refractivity contribution is 0.417. The summed E-state index contributed by atoms with van der Waals surface area (Å²) in [5.74, 6) is 0.490. The number of hydrogen-bond acceptors (Lipinski definition) is 5. The zero-order chi connectivity index (χ0) is 14.0. The molecular weight excluding hydrogens is 268 g/mol. The summed E-state index contributed by atoms with van der Waals surface area (Å²) in [5.41, 5.74) is 6.44. The lowest BCUT2D eigenvalue weighted by Crippen LogP contribution is -2.12. The maximum absolute atomic E-state index is 12.0. The van der Waals surface area contributed by atoms with Gasteiger partial charge in [-0.15, -0.1) is 0 Å². The Morgan fingerprint density at radius 1 is 1.42 bits per heavy atom. The van der Waals surface area contributed by atoms with Gasteiger partial charge in [-0.3, -0.25) is 9.40 Å². The SMILES string of the molecule is COc1ccc(NS(=O)(=O)c2cnn(C)c2)cc1N. The van der Waals surface area contributed by atoms with Crippen molar-refractivity contribution in [3.63, 3.8) is 0 Å². The number of ether oxygens (including phenoxy) is 1. The van der Waals surface area contributed by atoms with E-state index in [9.17, 15) is 8.42 Å². The number of sulfonamides is 1. The summed E-state index contributed by atoms with van der Waals surface area (Å²) in [6, 6.07) is 4.66. The molecular formula is C11H14N4O3S. The summed E-state index contributed by atoms with van der Waals surface area (Å²) in [5, 5.41) is 3.82. The second-order valence-corrected chi connectivity index (χ2v) is 5.59. The molecule has 1 heterocycles. The first-order valence-corrected chi connectivity index (χ1v) is 6.85. The molecule has 19 heavy (non-hydrogen) atoms. The molecule has 3 N–H and O–H groups in total. The molecule has 7 nitrogen and oxygen atoms in total. The molecule has 0 unspecified atom stereocenters. The van der Waals surface area contributed by atoms with Crippen molar-refractivity contribution in [2.75, 3.05) is 17.6 Å². The Balaban J connectivity index is 2.28. The number of nitrogens with two attached hydrogens (primary N) is 1. The molecule has 0 spiro atoms. The summed E-state index contributed by atoms with van der Waals surface area (Å²) in [4.78, 5) is 0.0874. The van der Waals surface area contributed by atoms with Gasteiger partial charge in [0.25, 0.3) is 10.0 Å². The van der Waals surface area contributed by atoms with Crippen LogP contribution in [0.3, 0.4) is 0 Å². The highest BCUT2D eigenvalue weighted by Gasteiger charge is 2.16. The maximum atomic E-state index is 12.0. The summed E-state index contributed by atoms with van der Waals surface area (Å²) < 4.78 is 32.9. The average Bonchev–Trinajstić information content (AvgIpc) is 2.76. The monoisotopic (exact) mass is 282 g/mol. The molecule has 102 valence electrons. The summed E-state index contributed by atoms with van der Waals surface area (Å²) >= 11 is 0. The highest BCUT2D eigenvalue weighted by atomic mass is 32.2. The maximum Gasteiger partial charge on any atom is 0.265 e. The van der Waals surface area contributed by atoms with Crippen molar-refractivity contribution < 1.29 is 13.2 Å². The Hall–Kier alpha value is -2.22. The number of benzene rings is 1. The van der Waals surface area contributed by atoms with Gasteiger partial charge in [-0.25, -0.2) is 8.42 Å². The smallest absolute Gasteiger partial charge is 0.265 e. The quantitative estimate of drug-likeness (QED) is 0.808. The van der Waals surface area contributed by atoms with E-state index in [0.29, 0.717) is 17.1 Å². The molecule has 1 aromatic carbocycles. The highest BCUT2D eigenvalue weighted by molar-refractivity contribution is 7.92. The van der Waals surface area contributed by atoms with Crippen LogP contribution < -0.4 is 15.2 Å². The van der Waals surface area contributed by atoms with E-state index in [1.807, 2.05) is 0 Å². The van der Waals surface area contributed by atoms with Crippen LogP contribution in [0.1, 0.15) is 0 Å². The number of nitrogens with zero attached hydrogens (tertiary/aromatic N) is 2. The lowest BCUT2D eigenvalue weighted by atomic mass is 10.2. The van der Waals surface area contributed by atoms with Crippen LogP contribution in [-0.4, -0.2) is 25.3 Å². The third-order valence-corrected chi connectivity index (χ3v) is 3.81. The van der Waals surface area contributed by atoms with Gasteiger partial charge >= 0.3 is 0 Å². The molecule has 8 heteroatoms. The molecule has 0 radical (unpaired) electrons. The third kappa shape index (κ3) is 2.79. The van der Waals surface area contributed by atoms with Crippen LogP contribution in [-0.2, 0) is 17.1 Å². The predicted molar refractivity (Wildman–Crippen MR) is 71.4 cm³/mol. The fourth-order valence-electron chi connectivity index (χ4n) is 1.55. The number of anilines is 2. The van der Waals surface area contributed by atoms with Crippen molar-refractivity contribution >= 4 is 21.4 Å². The van der Waals surface area contributed by atoms with Crippen LogP contribution in [0.4, 0.5) is 11.4 Å². The summed E-state index contributed by atoms with van der Waals surface area (Å²) in [6.07, 6.45) is 2.68. The molecule has 0 atom stereocenters. The number of aryl methyl sites for hydroxylation is 1. The molecule has 0 aliphatic carbocycles. The second kappa shape index (κ2) is 4.81. The number of rotatable bonds is 4. The van der Waals surface area contributed by atoms with Crippen LogP contribution in [0.5, 0.6) is 5.75 Å². The van der Waals surface area contributed by atoms with E-state index < -0.39 is 10.0 Å². The van der Waals surface area contributed by atoms with Gasteiger partial charge in [0, 0.05) is 13.2 Å². The van der Waals surface area contributed by atoms with Crippen LogP contribution in [0.15, 0.2) is 35.5 Å². The van der Waals surface area contributed by atoms with Gasteiger partial charge in [0.2, 0.25) is 0 Å². The Bertz CT molecular complexity index is 694. The largest absolute Gasteiger partial charge is 0.495 e. The first-order chi connectivity index (χ1) is 8.92. The third-order valence-electron chi connectivity index (χ3n) is 2.47. The fourth-order valence-corrected chi connectivity index (χ4v) is 2.58. The van der Waals surface area contributed by atoms with E-state index in [0.717, 1.165) is 0 Å². The van der Waals surface area contributed by atoms with Gasteiger partial charge in [0.05, 0.1) is 24.7 Å². The molecule has 2 aromatic rings. The standard InChI is InChI=1S/C11H14N4O3S/c1-15-7-9(6-13-15)19(16,17)14-8-3-4-11(18-2)10(12)5-8/h3-7,14H,12H2,1-2H3. The molecule has 0 amide bonds. The minimum absolute atomic E-state index is 0.0874. The molecule has 2 rings (SSSR count). The Kier molecular flexibility index (Phi) is 3.34. The number of aromatic nitrogens is 2. The van der Waals surface area contributed by atoms with Crippen molar-refractivity contribution in [2.24, 2.45) is 7.05 Å². The number of nitrogen functional groups attached to an aromatic ring is 1. The van der Waals surface area contributed by atoms with Gasteiger partial charge in [0.15, 0.2) is 0 Å². The summed E-state index contributed by atoms with van der Waals surface area (Å²) in [6.45, 7) is 0. The van der Waals surface area contributed by atoms with E-state index in [4.69, 9.17) is 10.5 Å². The van der Waals surface area contributed by atoms with Crippen molar-refractivity contribution in [1.82, 2.24) is 9.78 Å². The van der Waals surface area contributed by atoms with E-state index in [1.54, 1.807) is 19.2 Å². The number of hydrogen-bond donors (Lipinski definition) is 2. The molecule has 0 fully saturated rings. The van der Waals surface area contributed by atoms with E-state index >= 15 is 0 Å². The minimum Gasteiger partial charge on any atom is -0.495 e. The van der Waals surface area contributed by atoms with Crippen molar-refractivity contribution in [3.8, 4) is 5.75 Å². The van der Waals surface area contributed by atoms with Crippen LogP contribution >= 0.6 is 0 Å². The first kappa shape index (κ1) is 13.2. The Labute approximate surface area is 111 Å². The lowest BCUT2D eigenvalue weighted by Gasteiger charge is -2.09. The minimum atomic E-state index is -3.66. The van der Waals surface area contributed by atoms with E-state index in [2.05, 4.69) is 9.82 Å². The molecule has 0 saturated carbocycles. The van der Waals surface area contributed by atoms with Crippen molar-refractivity contribution in [3.05, 3.63) is 30.6 Å². The van der Waals surface area contributed by atoms with Gasteiger partial charge in [-0.2, -0.15) is 5.10 Å². The average molecular weight is 282 g/mol. The molecule has 0 saturated heterocycles. The number of methoxy groups -OCH3 is 1. The molecule has 0 bridgehead atoms. The molecule has 0 aliphatic heterocycles. The van der Waals surface area contributed by atoms with Gasteiger partial charge in [-0.1, -0.05) is 0 Å². The number of nitrogens with one attached hydrogen (secondary N) is 1. The van der Waals surface area contributed by atoms with Crippen LogP contribution in [0.2, 0.25) is 0 Å². The Morgan fingerprint density at radius 2 is 2.16 bits per heavy atom. The molecule has 1 aromatic heterocycles. The van der Waals surface area contributed by atoms with E-state index in [1.165, 1.54) is 30.3 Å². The Morgan fingerprint density at radius 3 is 2.68 bits per heavy atom. The zero-order valence-electron chi connectivity index (χ0n) is 10.5. The van der Waals surface area contributed by atoms with Gasteiger partial charge in [0.1, 0.15) is 10.6 Å². The van der Waals surface area contributed by atoms with Crippen molar-refractivity contribution in [1.29, 1.82) is 0 Å². The van der Waals surface area contributed by atoms with Crippen molar-refractivity contribution in [2.45, 2.75) is 4.90 Å². The van der Waals surface area contributed by atoms with Gasteiger partial charge in [-0.05, 0) is 18.2 Å². The normalized spacial score (nSPS) is 11.3. The fraction of sp³-hybridized carbons (Fsp3) is 0.182. The zero-order valence-corrected chi connectivity index (χ0v) is 11.3. The van der Waals surface area contributed by atoms with Crippen LogP contribution in [0.25, 0.3) is 0 Å². The van der Waals surface area contributed by atoms with Gasteiger partial charge < -0.3 is 10.5 Å². The van der Waals surface area contributed by atoms with Crippen LogP contribution in [0, 0.1) is 0 Å². The summed E-state index contributed by atoms with van der Waals surface area (Å²) in [7, 11) is -0.524. The second-order valence-electron chi connectivity index (χ2n) is 3.91. The highest BCUT2D eigenvalue weighted by Crippen LogP contribution is 2.26. The van der Waals surface area contributed by atoms with E-state index in [-0.39, 0.29) is 4.90 Å². The predicted octanol–water partition coefficient (Wildman–Crippen LogP) is 0.812. The first-order valence-electron chi connectivity index (χ1n) is 5.37. The topological polar surface area (TPSA) is 99.2 Å².